The highest BCUT2D eigenvalue weighted by atomic mass is 16.5. The summed E-state index contributed by atoms with van der Waals surface area (Å²) in [5, 5.41) is 12.1. The second-order valence-corrected chi connectivity index (χ2v) is 4.66. The lowest BCUT2D eigenvalue weighted by Crippen LogP contribution is -2.25. The zero-order valence-corrected chi connectivity index (χ0v) is 10.6. The highest BCUT2D eigenvalue weighted by Crippen LogP contribution is 2.16. The zero-order chi connectivity index (χ0) is 12.6. The summed E-state index contributed by atoms with van der Waals surface area (Å²) in [4.78, 5) is 0. The third kappa shape index (κ3) is 5.94. The first kappa shape index (κ1) is 13.5. The second-order valence-electron chi connectivity index (χ2n) is 4.66. The lowest BCUT2D eigenvalue weighted by Gasteiger charge is -2.15. The topological polar surface area (TPSA) is 45.0 Å². The van der Waals surface area contributed by atoms with Crippen LogP contribution >= 0.6 is 0 Å². The van der Waals surface area contributed by atoms with Crippen LogP contribution in [0.5, 0.6) is 5.75 Å². The average molecular weight is 232 g/mol. The number of nitriles is 1. The number of hydrogen-bond donors (Lipinski definition) is 1. The molecular weight excluding hydrogens is 212 g/mol. The Kier molecular flexibility index (Phi) is 5.51. The van der Waals surface area contributed by atoms with Gasteiger partial charge in [0.05, 0.1) is 11.5 Å². The summed E-state index contributed by atoms with van der Waals surface area (Å²) in [6.45, 7) is 6.20. The predicted molar refractivity (Wildman–Crippen MR) is 68.8 cm³/mol. The van der Waals surface area contributed by atoms with Crippen LogP contribution in [0.2, 0.25) is 0 Å². The van der Waals surface area contributed by atoms with E-state index in [1.807, 2.05) is 44.2 Å². The molecule has 0 aliphatic carbocycles. The van der Waals surface area contributed by atoms with Crippen molar-refractivity contribution in [2.45, 2.75) is 20.3 Å². The predicted octanol–water partition coefficient (Wildman–Crippen LogP) is 2.59. The fraction of sp³-hybridized carbons (Fsp3) is 0.500. The normalized spacial score (nSPS) is 10.9. The number of nitrogens with one attached hydrogen (secondary N) is 1. The Morgan fingerprint density at radius 1 is 1.24 bits per heavy atom. The molecule has 0 fully saturated rings. The van der Waals surface area contributed by atoms with Crippen LogP contribution in [0, 0.1) is 16.7 Å². The summed E-state index contributed by atoms with van der Waals surface area (Å²) in [5.74, 6) is 0.895. The molecule has 0 aliphatic rings. The molecule has 1 aromatic carbocycles. The van der Waals surface area contributed by atoms with Crippen LogP contribution in [-0.2, 0) is 0 Å². The van der Waals surface area contributed by atoms with E-state index in [0.717, 1.165) is 25.3 Å². The first-order valence-corrected chi connectivity index (χ1v) is 5.94. The van der Waals surface area contributed by atoms with Gasteiger partial charge in [0.1, 0.15) is 12.4 Å². The largest absolute Gasteiger partial charge is 0.492 e. The second kappa shape index (κ2) is 6.93. The molecule has 0 aliphatic heterocycles. The van der Waals surface area contributed by atoms with E-state index in [9.17, 15) is 0 Å². The first-order chi connectivity index (χ1) is 8.14. The van der Waals surface area contributed by atoms with Gasteiger partial charge in [0.25, 0.3) is 0 Å². The Hall–Kier alpha value is -1.53. The van der Waals surface area contributed by atoms with Gasteiger partial charge in [0.2, 0.25) is 0 Å². The Morgan fingerprint density at radius 3 is 2.59 bits per heavy atom. The van der Waals surface area contributed by atoms with Crippen molar-refractivity contribution >= 4 is 0 Å². The van der Waals surface area contributed by atoms with Crippen molar-refractivity contribution in [3.05, 3.63) is 30.3 Å². The summed E-state index contributed by atoms with van der Waals surface area (Å²) >= 11 is 0. The molecule has 0 spiro atoms. The van der Waals surface area contributed by atoms with E-state index in [1.165, 1.54) is 0 Å². The highest BCUT2D eigenvalue weighted by Gasteiger charge is 2.15. The maximum absolute atomic E-state index is 8.84. The molecular formula is C14H20N2O. The summed E-state index contributed by atoms with van der Waals surface area (Å²) in [6, 6.07) is 12.1. The van der Waals surface area contributed by atoms with Gasteiger partial charge in [-0.2, -0.15) is 5.26 Å². The van der Waals surface area contributed by atoms with Gasteiger partial charge in [-0.3, -0.25) is 0 Å². The van der Waals surface area contributed by atoms with Gasteiger partial charge in [0.15, 0.2) is 0 Å². The Morgan fingerprint density at radius 2 is 1.94 bits per heavy atom. The molecule has 0 amide bonds. The third-order valence-electron chi connectivity index (χ3n) is 2.52. The smallest absolute Gasteiger partial charge is 0.119 e. The molecule has 0 aromatic heterocycles. The number of rotatable bonds is 7. The van der Waals surface area contributed by atoms with Crippen molar-refractivity contribution in [2.75, 3.05) is 19.7 Å². The molecule has 0 atom stereocenters. The van der Waals surface area contributed by atoms with E-state index in [0.29, 0.717) is 6.61 Å². The van der Waals surface area contributed by atoms with Gasteiger partial charge in [-0.05, 0) is 38.9 Å². The number of para-hydroxylation sites is 1. The fourth-order valence-electron chi connectivity index (χ4n) is 1.34. The lowest BCUT2D eigenvalue weighted by atomic mass is 9.92. The number of hydrogen-bond acceptors (Lipinski definition) is 3. The summed E-state index contributed by atoms with van der Waals surface area (Å²) < 4.78 is 5.54. The first-order valence-electron chi connectivity index (χ1n) is 5.94. The molecule has 0 heterocycles. The molecule has 1 aromatic rings. The molecule has 0 saturated heterocycles. The van der Waals surface area contributed by atoms with Gasteiger partial charge < -0.3 is 10.1 Å². The lowest BCUT2D eigenvalue weighted by molar-refractivity contribution is 0.309. The molecule has 0 bridgehead atoms. The quantitative estimate of drug-likeness (QED) is 0.735. The van der Waals surface area contributed by atoms with Crippen LogP contribution in [0.3, 0.4) is 0 Å². The van der Waals surface area contributed by atoms with Crippen molar-refractivity contribution in [3.63, 3.8) is 0 Å². The SMILES string of the molecule is CC(C)(C#N)CCNCCOc1ccccc1. The van der Waals surface area contributed by atoms with E-state index in [-0.39, 0.29) is 5.41 Å². The van der Waals surface area contributed by atoms with Gasteiger partial charge in [-0.25, -0.2) is 0 Å². The molecule has 0 unspecified atom stereocenters. The third-order valence-corrected chi connectivity index (χ3v) is 2.52. The Labute approximate surface area is 103 Å². The van der Waals surface area contributed by atoms with E-state index < -0.39 is 0 Å². The van der Waals surface area contributed by atoms with Crippen molar-refractivity contribution in [2.24, 2.45) is 5.41 Å². The molecule has 0 saturated carbocycles. The van der Waals surface area contributed by atoms with Gasteiger partial charge >= 0.3 is 0 Å². The number of benzene rings is 1. The molecule has 1 rings (SSSR count). The van der Waals surface area contributed by atoms with Crippen molar-refractivity contribution in [1.29, 1.82) is 5.26 Å². The van der Waals surface area contributed by atoms with Gasteiger partial charge in [-0.1, -0.05) is 18.2 Å². The fourth-order valence-corrected chi connectivity index (χ4v) is 1.34. The van der Waals surface area contributed by atoms with Crippen LogP contribution in [-0.4, -0.2) is 19.7 Å². The molecule has 0 radical (unpaired) electrons. The standard InChI is InChI=1S/C14H20N2O/c1-14(2,12-15)8-9-16-10-11-17-13-6-4-3-5-7-13/h3-7,16H,8-11H2,1-2H3. The molecule has 1 N–H and O–H groups in total. The van der Waals surface area contributed by atoms with Crippen molar-refractivity contribution in [1.82, 2.24) is 5.32 Å². The monoisotopic (exact) mass is 232 g/mol. The Balaban J connectivity index is 2.04. The molecule has 17 heavy (non-hydrogen) atoms. The highest BCUT2D eigenvalue weighted by molar-refractivity contribution is 5.20. The molecule has 92 valence electrons. The van der Waals surface area contributed by atoms with Gasteiger partial charge in [0, 0.05) is 6.54 Å². The van der Waals surface area contributed by atoms with Crippen LogP contribution in [0.15, 0.2) is 30.3 Å². The van der Waals surface area contributed by atoms with E-state index in [2.05, 4.69) is 11.4 Å². The van der Waals surface area contributed by atoms with Crippen LogP contribution < -0.4 is 10.1 Å². The van der Waals surface area contributed by atoms with Gasteiger partial charge in [-0.15, -0.1) is 0 Å². The zero-order valence-electron chi connectivity index (χ0n) is 10.6. The maximum atomic E-state index is 8.84. The summed E-state index contributed by atoms with van der Waals surface area (Å²) in [5.41, 5.74) is -0.243. The Bertz CT molecular complexity index is 354. The minimum absolute atomic E-state index is 0.243. The number of ether oxygens (including phenoxy) is 1. The molecule has 3 heteroatoms. The van der Waals surface area contributed by atoms with E-state index in [4.69, 9.17) is 10.00 Å². The van der Waals surface area contributed by atoms with E-state index in [1.54, 1.807) is 0 Å². The summed E-state index contributed by atoms with van der Waals surface area (Å²) in [6.07, 6.45) is 0.856. The molecule has 3 nitrogen and oxygen atoms in total. The van der Waals surface area contributed by atoms with Crippen molar-refractivity contribution in [3.8, 4) is 11.8 Å². The minimum Gasteiger partial charge on any atom is -0.492 e. The van der Waals surface area contributed by atoms with Crippen LogP contribution in [0.25, 0.3) is 0 Å². The number of nitrogens with zero attached hydrogens (tertiary/aromatic N) is 1. The minimum atomic E-state index is -0.243. The van der Waals surface area contributed by atoms with Crippen LogP contribution in [0.1, 0.15) is 20.3 Å². The average Bonchev–Trinajstić information content (AvgIpc) is 2.35. The van der Waals surface area contributed by atoms with Crippen LogP contribution in [0.4, 0.5) is 0 Å². The maximum Gasteiger partial charge on any atom is 0.119 e. The van der Waals surface area contributed by atoms with Crippen molar-refractivity contribution < 1.29 is 4.74 Å². The van der Waals surface area contributed by atoms with E-state index >= 15 is 0 Å². The summed E-state index contributed by atoms with van der Waals surface area (Å²) in [7, 11) is 0.